The smallest absolute Gasteiger partial charge is 0.190 e. The standard InChI is InChI=1S/C24H40O7/c1-3-4-15-25-17(2)27-20-19(18-16-26-23(29-18)11-7-5-8-12-23)28-22-21(20)30-24(31-22)13-9-6-10-14-24/h17-22H,3-16H2,1-2H3/t17?,18?,19-,20+,21-,22-/m1/s1. The minimum atomic E-state index is -0.510. The van der Waals surface area contributed by atoms with Crippen molar-refractivity contribution in [1.29, 1.82) is 0 Å². The molecule has 0 N–H and O–H groups in total. The summed E-state index contributed by atoms with van der Waals surface area (Å²) in [5, 5.41) is 0. The minimum absolute atomic E-state index is 0.175. The van der Waals surface area contributed by atoms with E-state index >= 15 is 0 Å². The summed E-state index contributed by atoms with van der Waals surface area (Å²) in [5.74, 6) is -0.950. The van der Waals surface area contributed by atoms with Gasteiger partial charge in [-0.05, 0) is 39.0 Å². The van der Waals surface area contributed by atoms with Crippen molar-refractivity contribution in [3.63, 3.8) is 0 Å². The lowest BCUT2D eigenvalue weighted by atomic mass is 9.94. The third-order valence-electron chi connectivity index (χ3n) is 7.56. The van der Waals surface area contributed by atoms with Crippen molar-refractivity contribution in [2.45, 2.75) is 139 Å². The van der Waals surface area contributed by atoms with Crippen molar-refractivity contribution < 1.29 is 33.2 Å². The van der Waals surface area contributed by atoms with Crippen molar-refractivity contribution in [1.82, 2.24) is 0 Å². The Morgan fingerprint density at radius 3 is 2.29 bits per heavy atom. The Morgan fingerprint density at radius 2 is 1.58 bits per heavy atom. The second-order valence-corrected chi connectivity index (χ2v) is 9.97. The first-order valence-corrected chi connectivity index (χ1v) is 12.7. The van der Waals surface area contributed by atoms with Crippen LogP contribution in [0.3, 0.4) is 0 Å². The van der Waals surface area contributed by atoms with Crippen LogP contribution >= 0.6 is 0 Å². The molecule has 2 unspecified atom stereocenters. The maximum absolute atomic E-state index is 6.56. The number of hydrogen-bond donors (Lipinski definition) is 0. The van der Waals surface area contributed by atoms with E-state index in [-0.39, 0.29) is 30.7 Å². The van der Waals surface area contributed by atoms with Crippen molar-refractivity contribution in [2.24, 2.45) is 0 Å². The first kappa shape index (κ1) is 22.5. The van der Waals surface area contributed by atoms with Crippen LogP contribution in [0.5, 0.6) is 0 Å². The van der Waals surface area contributed by atoms with Crippen molar-refractivity contribution in [3.8, 4) is 0 Å². The summed E-state index contributed by atoms with van der Waals surface area (Å²) < 4.78 is 44.4. The van der Waals surface area contributed by atoms with E-state index in [0.29, 0.717) is 13.2 Å². The van der Waals surface area contributed by atoms with Gasteiger partial charge in [-0.15, -0.1) is 0 Å². The molecule has 0 aromatic carbocycles. The Kier molecular flexibility index (Phi) is 6.92. The molecule has 0 aromatic heterocycles. The molecule has 5 rings (SSSR count). The summed E-state index contributed by atoms with van der Waals surface area (Å²) in [4.78, 5) is 0. The molecular formula is C24H40O7. The molecule has 3 saturated heterocycles. The van der Waals surface area contributed by atoms with Crippen LogP contribution in [0.15, 0.2) is 0 Å². The molecule has 0 bridgehead atoms. The Morgan fingerprint density at radius 1 is 0.871 bits per heavy atom. The number of unbranched alkanes of at least 4 members (excludes halogenated alkanes) is 1. The number of fused-ring (bicyclic) bond motifs is 1. The molecule has 0 amide bonds. The molecule has 3 aliphatic heterocycles. The molecule has 178 valence electrons. The van der Waals surface area contributed by atoms with E-state index in [9.17, 15) is 0 Å². The molecule has 5 fully saturated rings. The van der Waals surface area contributed by atoms with Crippen LogP contribution in [0.1, 0.15) is 90.9 Å². The van der Waals surface area contributed by atoms with E-state index < -0.39 is 17.9 Å². The fourth-order valence-electron chi connectivity index (χ4n) is 5.88. The van der Waals surface area contributed by atoms with Gasteiger partial charge in [-0.2, -0.15) is 0 Å². The first-order chi connectivity index (χ1) is 15.1. The van der Waals surface area contributed by atoms with Gasteiger partial charge in [0.25, 0.3) is 0 Å². The Hall–Kier alpha value is -0.280. The molecule has 31 heavy (non-hydrogen) atoms. The van der Waals surface area contributed by atoms with Crippen LogP contribution in [0, 0.1) is 0 Å². The monoisotopic (exact) mass is 440 g/mol. The summed E-state index contributed by atoms with van der Waals surface area (Å²) in [6.07, 6.45) is 11.2. The lowest BCUT2D eigenvalue weighted by Crippen LogP contribution is -2.47. The third kappa shape index (κ3) is 4.70. The maximum Gasteiger partial charge on any atom is 0.190 e. The quantitative estimate of drug-likeness (QED) is 0.429. The second-order valence-electron chi connectivity index (χ2n) is 9.97. The van der Waals surface area contributed by atoms with Crippen LogP contribution in [-0.4, -0.2) is 61.8 Å². The van der Waals surface area contributed by atoms with Crippen molar-refractivity contribution >= 4 is 0 Å². The normalized spacial score (nSPS) is 39.9. The minimum Gasteiger partial charge on any atom is -0.353 e. The highest BCUT2D eigenvalue weighted by atomic mass is 16.9. The van der Waals surface area contributed by atoms with Crippen LogP contribution in [0.25, 0.3) is 0 Å². The average molecular weight is 441 g/mol. The summed E-state index contributed by atoms with van der Waals surface area (Å²) in [5.41, 5.74) is 0. The Bertz CT molecular complexity index is 586. The van der Waals surface area contributed by atoms with E-state index in [1.807, 2.05) is 6.92 Å². The van der Waals surface area contributed by atoms with Gasteiger partial charge in [-0.3, -0.25) is 0 Å². The third-order valence-corrected chi connectivity index (χ3v) is 7.56. The number of ether oxygens (including phenoxy) is 7. The number of rotatable bonds is 7. The molecule has 6 atom stereocenters. The highest BCUT2D eigenvalue weighted by Gasteiger charge is 2.62. The van der Waals surface area contributed by atoms with Gasteiger partial charge in [0, 0.05) is 32.3 Å². The van der Waals surface area contributed by atoms with Crippen LogP contribution < -0.4 is 0 Å². The SMILES string of the molecule is CCCCOC(C)O[C@@H]1[C@H]2OC3(CCCCC3)O[C@H]2O[C@@H]1C1COC2(CCCCC2)O1. The average Bonchev–Trinajstić information content (AvgIpc) is 3.42. The Balaban J connectivity index is 1.28. The number of hydrogen-bond acceptors (Lipinski definition) is 7. The lowest BCUT2D eigenvalue weighted by Gasteiger charge is -2.36. The predicted octanol–water partition coefficient (Wildman–Crippen LogP) is 4.41. The van der Waals surface area contributed by atoms with Crippen LogP contribution in [-0.2, 0) is 33.2 Å². The Labute approximate surface area is 186 Å². The topological polar surface area (TPSA) is 64.6 Å². The van der Waals surface area contributed by atoms with Gasteiger partial charge in [-0.25, -0.2) is 0 Å². The molecule has 0 aromatic rings. The van der Waals surface area contributed by atoms with Gasteiger partial charge in [0.15, 0.2) is 24.2 Å². The molecule has 7 nitrogen and oxygen atoms in total. The molecule has 5 aliphatic rings. The maximum atomic E-state index is 6.56. The van der Waals surface area contributed by atoms with Gasteiger partial charge in [0.2, 0.25) is 0 Å². The zero-order valence-corrected chi connectivity index (χ0v) is 19.2. The van der Waals surface area contributed by atoms with Gasteiger partial charge in [0.1, 0.15) is 24.4 Å². The van der Waals surface area contributed by atoms with Crippen molar-refractivity contribution in [2.75, 3.05) is 13.2 Å². The highest BCUT2D eigenvalue weighted by Crippen LogP contribution is 2.48. The summed E-state index contributed by atoms with van der Waals surface area (Å²) in [6.45, 7) is 5.34. The van der Waals surface area contributed by atoms with E-state index in [4.69, 9.17) is 33.2 Å². The zero-order valence-electron chi connectivity index (χ0n) is 19.2. The molecule has 7 heteroatoms. The van der Waals surface area contributed by atoms with Crippen LogP contribution in [0.2, 0.25) is 0 Å². The van der Waals surface area contributed by atoms with E-state index in [0.717, 1.165) is 64.2 Å². The lowest BCUT2D eigenvalue weighted by molar-refractivity contribution is -0.274. The molecule has 2 aliphatic carbocycles. The van der Waals surface area contributed by atoms with Gasteiger partial charge in [-0.1, -0.05) is 26.2 Å². The predicted molar refractivity (Wildman–Crippen MR) is 112 cm³/mol. The molecule has 3 heterocycles. The fraction of sp³-hybridized carbons (Fsp3) is 1.00. The zero-order chi connectivity index (χ0) is 21.3. The summed E-state index contributed by atoms with van der Waals surface area (Å²) in [6, 6.07) is 0. The van der Waals surface area contributed by atoms with E-state index in [1.165, 1.54) is 12.8 Å². The molecule has 0 radical (unpaired) electrons. The highest BCUT2D eigenvalue weighted by molar-refractivity contribution is 5.01. The van der Waals surface area contributed by atoms with Gasteiger partial charge >= 0.3 is 0 Å². The van der Waals surface area contributed by atoms with E-state index in [1.54, 1.807) is 0 Å². The van der Waals surface area contributed by atoms with E-state index in [2.05, 4.69) is 6.92 Å². The summed E-state index contributed by atoms with van der Waals surface area (Å²) in [7, 11) is 0. The fourth-order valence-corrected chi connectivity index (χ4v) is 5.88. The second kappa shape index (κ2) is 9.53. The summed E-state index contributed by atoms with van der Waals surface area (Å²) >= 11 is 0. The molecular weight excluding hydrogens is 400 g/mol. The van der Waals surface area contributed by atoms with Crippen molar-refractivity contribution in [3.05, 3.63) is 0 Å². The van der Waals surface area contributed by atoms with Gasteiger partial charge < -0.3 is 33.2 Å². The van der Waals surface area contributed by atoms with Crippen LogP contribution in [0.4, 0.5) is 0 Å². The molecule has 2 spiro atoms. The molecule has 2 saturated carbocycles. The largest absolute Gasteiger partial charge is 0.353 e. The first-order valence-electron chi connectivity index (χ1n) is 12.7. The van der Waals surface area contributed by atoms with Gasteiger partial charge in [0.05, 0.1) is 6.61 Å².